The van der Waals surface area contributed by atoms with Gasteiger partial charge in [0.15, 0.2) is 0 Å². The Kier molecular flexibility index (Phi) is 11.8. The van der Waals surface area contributed by atoms with Gasteiger partial charge < -0.3 is 26.2 Å². The monoisotopic (exact) mass is 581 g/mol. The van der Waals surface area contributed by atoms with E-state index < -0.39 is 23.5 Å². The summed E-state index contributed by atoms with van der Waals surface area (Å²) in [5.74, 6) is 1.68. The predicted molar refractivity (Wildman–Crippen MR) is 165 cm³/mol. The topological polar surface area (TPSA) is 120 Å². The van der Waals surface area contributed by atoms with E-state index in [4.69, 9.17) is 6.42 Å². The number of rotatable bonds is 9. The minimum absolute atomic E-state index is 0.000191. The van der Waals surface area contributed by atoms with E-state index in [2.05, 4.69) is 27.2 Å². The molecule has 3 rings (SSSR count). The number of carbonyl (C=O) groups is 4. The Morgan fingerprint density at radius 2 is 1.74 bits per heavy atom. The van der Waals surface area contributed by atoms with Crippen LogP contribution in [0.3, 0.4) is 0 Å². The maximum absolute atomic E-state index is 14.3. The average molecular weight is 582 g/mol. The number of nitrogens with zero attached hydrogens (tertiary/aromatic N) is 1. The van der Waals surface area contributed by atoms with Crippen molar-refractivity contribution < 1.29 is 19.2 Å². The molecule has 1 unspecified atom stereocenters. The molecule has 0 spiro atoms. The quantitative estimate of drug-likeness (QED) is 0.312. The molecule has 42 heavy (non-hydrogen) atoms. The number of hydrogen-bond donors (Lipinski definition) is 4. The van der Waals surface area contributed by atoms with Crippen molar-refractivity contribution in [1.29, 1.82) is 0 Å². The van der Waals surface area contributed by atoms with Crippen LogP contribution in [-0.2, 0) is 19.2 Å². The highest BCUT2D eigenvalue weighted by Gasteiger charge is 2.45. The summed E-state index contributed by atoms with van der Waals surface area (Å²) in [6, 6.07) is -2.47. The third kappa shape index (κ3) is 8.47. The molecule has 4 N–H and O–H groups in total. The highest BCUT2D eigenvalue weighted by molar-refractivity contribution is 5.94. The van der Waals surface area contributed by atoms with Crippen molar-refractivity contribution in [1.82, 2.24) is 26.2 Å². The fourth-order valence-corrected chi connectivity index (χ4v) is 6.22. The molecule has 0 bridgehead atoms. The first kappa shape index (κ1) is 33.4. The van der Waals surface area contributed by atoms with Crippen LogP contribution in [0.1, 0.15) is 92.4 Å². The van der Waals surface area contributed by atoms with Crippen LogP contribution in [-0.4, -0.2) is 72.3 Å². The molecule has 0 aromatic heterocycles. The van der Waals surface area contributed by atoms with Gasteiger partial charge in [-0.3, -0.25) is 19.2 Å². The number of amides is 4. The number of hydrogen-bond acceptors (Lipinski definition) is 5. The Labute approximate surface area is 252 Å². The Bertz CT molecular complexity index is 1110. The van der Waals surface area contributed by atoms with Gasteiger partial charge in [0.2, 0.25) is 23.6 Å². The van der Waals surface area contributed by atoms with E-state index in [1.165, 1.54) is 0 Å². The summed E-state index contributed by atoms with van der Waals surface area (Å²) in [6.45, 7) is 9.51. The Hall–Kier alpha value is -3.12. The predicted octanol–water partition coefficient (Wildman–Crippen LogP) is 2.97. The zero-order chi connectivity index (χ0) is 31.0. The molecular formula is C33H51N5O4. The number of likely N-dealkylation sites (N-methyl/N-ethyl adjacent to an activating group) is 1. The molecule has 3 aliphatic rings. The highest BCUT2D eigenvalue weighted by atomic mass is 16.2. The van der Waals surface area contributed by atoms with E-state index in [9.17, 15) is 19.2 Å². The van der Waals surface area contributed by atoms with Crippen LogP contribution in [0.15, 0.2) is 23.3 Å². The van der Waals surface area contributed by atoms with Crippen molar-refractivity contribution >= 4 is 23.6 Å². The SMILES string of the molecule is C#C/C=C\C1=C(C)[C@H](NC(=O)[C@@H]2C[C@H](NC(=O)C(C)(C)C)CN2C(=O)C(NC(=O)[C@H](C)NC)C2CCCCC2)CCC1. The third-order valence-corrected chi connectivity index (χ3v) is 9.08. The number of terminal acetylenes is 1. The second kappa shape index (κ2) is 14.9. The van der Waals surface area contributed by atoms with E-state index in [1.54, 1.807) is 24.9 Å². The van der Waals surface area contributed by atoms with Crippen molar-refractivity contribution in [3.8, 4) is 12.3 Å². The number of likely N-dealkylation sites (tertiary alicyclic amines) is 1. The summed E-state index contributed by atoms with van der Waals surface area (Å²) in [5, 5.41) is 12.2. The van der Waals surface area contributed by atoms with Gasteiger partial charge in [0, 0.05) is 18.0 Å². The van der Waals surface area contributed by atoms with Gasteiger partial charge in [-0.1, -0.05) is 52.0 Å². The summed E-state index contributed by atoms with van der Waals surface area (Å²) in [7, 11) is 1.71. The van der Waals surface area contributed by atoms with E-state index >= 15 is 0 Å². The average Bonchev–Trinajstić information content (AvgIpc) is 3.39. The van der Waals surface area contributed by atoms with E-state index in [0.29, 0.717) is 6.42 Å². The molecule has 1 saturated carbocycles. The first-order valence-corrected chi connectivity index (χ1v) is 15.6. The normalized spacial score (nSPS) is 25.1. The number of carbonyl (C=O) groups excluding carboxylic acids is 4. The third-order valence-electron chi connectivity index (χ3n) is 9.08. The fraction of sp³-hybridized carbons (Fsp3) is 0.697. The second-order valence-corrected chi connectivity index (χ2v) is 13.2. The van der Waals surface area contributed by atoms with Crippen molar-refractivity contribution in [2.45, 2.75) is 123 Å². The largest absolute Gasteiger partial charge is 0.351 e. The lowest BCUT2D eigenvalue weighted by atomic mass is 9.83. The van der Waals surface area contributed by atoms with Crippen LogP contribution in [0.2, 0.25) is 0 Å². The zero-order valence-electron chi connectivity index (χ0n) is 26.3. The van der Waals surface area contributed by atoms with Crippen LogP contribution in [0.25, 0.3) is 0 Å². The van der Waals surface area contributed by atoms with Gasteiger partial charge in [0.05, 0.1) is 12.1 Å². The summed E-state index contributed by atoms with van der Waals surface area (Å²) < 4.78 is 0. The highest BCUT2D eigenvalue weighted by Crippen LogP contribution is 2.31. The minimum atomic E-state index is -0.757. The van der Waals surface area contributed by atoms with Crippen LogP contribution < -0.4 is 21.3 Å². The smallest absolute Gasteiger partial charge is 0.246 e. The maximum atomic E-state index is 14.3. The summed E-state index contributed by atoms with van der Waals surface area (Å²) in [6.07, 6.45) is 16.8. The molecule has 1 heterocycles. The molecule has 9 heteroatoms. The van der Waals surface area contributed by atoms with Gasteiger partial charge in [0.25, 0.3) is 0 Å². The molecule has 9 nitrogen and oxygen atoms in total. The Morgan fingerprint density at radius 1 is 1.05 bits per heavy atom. The minimum Gasteiger partial charge on any atom is -0.351 e. The van der Waals surface area contributed by atoms with Gasteiger partial charge in [-0.25, -0.2) is 0 Å². The van der Waals surface area contributed by atoms with E-state index in [1.807, 2.05) is 33.8 Å². The van der Waals surface area contributed by atoms with Crippen LogP contribution in [0.4, 0.5) is 0 Å². The van der Waals surface area contributed by atoms with Gasteiger partial charge in [-0.15, -0.1) is 6.42 Å². The molecule has 5 atom stereocenters. The van der Waals surface area contributed by atoms with Crippen LogP contribution >= 0.6 is 0 Å². The first-order valence-electron chi connectivity index (χ1n) is 15.6. The summed E-state index contributed by atoms with van der Waals surface area (Å²) in [4.78, 5) is 55.7. The molecule has 0 radical (unpaired) electrons. The summed E-state index contributed by atoms with van der Waals surface area (Å²) >= 11 is 0. The standard InChI is InChI=1S/C33H51N5O4/c1-8-9-14-23-17-13-18-26(21(23)2)36-30(40)27-19-25(35-32(42)33(4,5)6)20-38(27)31(41)28(24-15-11-10-12-16-24)37-29(39)22(3)34-7/h1,9,14,22,24-28,34H,10-13,15-20H2,2-7H3,(H,35,42)(H,36,40)(H,37,39)/b14-9-/t22-,25-,26+,27-,28?/m0/s1. The fourth-order valence-electron chi connectivity index (χ4n) is 6.22. The number of nitrogens with one attached hydrogen (secondary N) is 4. The lowest BCUT2D eigenvalue weighted by Gasteiger charge is -2.35. The van der Waals surface area contributed by atoms with Gasteiger partial charge in [0.1, 0.15) is 12.1 Å². The number of allylic oxidation sites excluding steroid dienone is 3. The van der Waals surface area contributed by atoms with Crippen LogP contribution in [0, 0.1) is 23.7 Å². The Morgan fingerprint density at radius 3 is 2.36 bits per heavy atom. The van der Waals surface area contributed by atoms with Crippen molar-refractivity contribution in [3.05, 3.63) is 23.3 Å². The first-order chi connectivity index (χ1) is 19.9. The Balaban J connectivity index is 1.89. The zero-order valence-corrected chi connectivity index (χ0v) is 26.3. The molecule has 0 aromatic rings. The van der Waals surface area contributed by atoms with E-state index in [-0.39, 0.29) is 48.2 Å². The van der Waals surface area contributed by atoms with Crippen molar-refractivity contribution in [3.63, 3.8) is 0 Å². The molecule has 232 valence electrons. The molecular weight excluding hydrogens is 530 g/mol. The van der Waals surface area contributed by atoms with Gasteiger partial charge in [-0.2, -0.15) is 0 Å². The molecule has 4 amide bonds. The van der Waals surface area contributed by atoms with Crippen molar-refractivity contribution in [2.75, 3.05) is 13.6 Å². The maximum Gasteiger partial charge on any atom is 0.246 e. The van der Waals surface area contributed by atoms with Crippen LogP contribution in [0.5, 0.6) is 0 Å². The van der Waals surface area contributed by atoms with E-state index in [0.717, 1.165) is 62.5 Å². The van der Waals surface area contributed by atoms with Gasteiger partial charge >= 0.3 is 0 Å². The molecule has 2 aliphatic carbocycles. The molecule has 1 saturated heterocycles. The second-order valence-electron chi connectivity index (χ2n) is 13.2. The molecule has 1 aliphatic heterocycles. The van der Waals surface area contributed by atoms with Gasteiger partial charge in [-0.05, 0) is 82.6 Å². The van der Waals surface area contributed by atoms with Crippen molar-refractivity contribution in [2.24, 2.45) is 11.3 Å². The molecule has 0 aromatic carbocycles. The lowest BCUT2D eigenvalue weighted by molar-refractivity contribution is -0.143. The molecule has 2 fully saturated rings. The summed E-state index contributed by atoms with van der Waals surface area (Å²) in [5.41, 5.74) is 1.59. The lowest BCUT2D eigenvalue weighted by Crippen LogP contribution is -2.58.